The number of sulfonamides is 1. The Morgan fingerprint density at radius 2 is 1.67 bits per heavy atom. The van der Waals surface area contributed by atoms with Gasteiger partial charge in [0.25, 0.3) is 15.9 Å². The molecule has 0 spiro atoms. The molecule has 2 N–H and O–H groups in total. The van der Waals surface area contributed by atoms with E-state index >= 15 is 0 Å². The van der Waals surface area contributed by atoms with Crippen molar-refractivity contribution in [3.63, 3.8) is 0 Å². The maximum atomic E-state index is 12.5. The molecular formula is C20H17IN2O3S. The Kier molecular flexibility index (Phi) is 5.81. The molecule has 7 heteroatoms. The van der Waals surface area contributed by atoms with E-state index < -0.39 is 10.0 Å². The van der Waals surface area contributed by atoms with Crippen LogP contribution in [0.25, 0.3) is 0 Å². The van der Waals surface area contributed by atoms with Crippen molar-refractivity contribution < 1.29 is 13.2 Å². The van der Waals surface area contributed by atoms with Gasteiger partial charge in [-0.1, -0.05) is 30.3 Å². The van der Waals surface area contributed by atoms with Crippen molar-refractivity contribution in [3.8, 4) is 0 Å². The van der Waals surface area contributed by atoms with Gasteiger partial charge in [-0.05, 0) is 77.5 Å². The van der Waals surface area contributed by atoms with Gasteiger partial charge in [-0.15, -0.1) is 0 Å². The van der Waals surface area contributed by atoms with Crippen LogP contribution >= 0.6 is 22.6 Å². The van der Waals surface area contributed by atoms with Crippen LogP contribution in [0.15, 0.2) is 77.7 Å². The Balaban J connectivity index is 1.83. The van der Waals surface area contributed by atoms with Gasteiger partial charge in [0.15, 0.2) is 0 Å². The summed E-state index contributed by atoms with van der Waals surface area (Å²) in [6.07, 6.45) is 0. The quantitative estimate of drug-likeness (QED) is 0.510. The first-order valence-corrected chi connectivity index (χ1v) is 10.7. The first kappa shape index (κ1) is 19.4. The van der Waals surface area contributed by atoms with Crippen LogP contribution in [0, 0.1) is 10.5 Å². The SMILES string of the molecule is Cc1ccc(NC(=O)c2cccc(I)c2)cc1NS(=O)(=O)c1ccccc1. The van der Waals surface area contributed by atoms with E-state index in [1.54, 1.807) is 55.5 Å². The standard InChI is InChI=1S/C20H17IN2O3S/c1-14-10-11-17(22-20(24)15-6-5-7-16(21)12-15)13-19(14)23-27(25,26)18-8-3-2-4-9-18/h2-13,23H,1H3,(H,22,24). The summed E-state index contributed by atoms with van der Waals surface area (Å²) in [5.41, 5.74) is 2.21. The molecule has 3 aromatic carbocycles. The highest BCUT2D eigenvalue weighted by Crippen LogP contribution is 2.24. The average molecular weight is 492 g/mol. The van der Waals surface area contributed by atoms with Gasteiger partial charge in [-0.25, -0.2) is 8.42 Å². The van der Waals surface area contributed by atoms with E-state index in [0.29, 0.717) is 16.9 Å². The third-order valence-electron chi connectivity index (χ3n) is 3.88. The molecule has 0 atom stereocenters. The Bertz CT molecular complexity index is 1080. The summed E-state index contributed by atoms with van der Waals surface area (Å²) in [5, 5.41) is 2.80. The summed E-state index contributed by atoms with van der Waals surface area (Å²) in [6.45, 7) is 1.80. The Hall–Kier alpha value is -2.39. The molecule has 0 saturated carbocycles. The van der Waals surface area contributed by atoms with Crippen LogP contribution in [0.5, 0.6) is 0 Å². The van der Waals surface area contributed by atoms with Gasteiger partial charge in [0.1, 0.15) is 0 Å². The number of hydrogen-bond donors (Lipinski definition) is 2. The van der Waals surface area contributed by atoms with Gasteiger partial charge in [0.05, 0.1) is 10.6 Å². The van der Waals surface area contributed by atoms with E-state index in [9.17, 15) is 13.2 Å². The molecule has 3 rings (SSSR count). The van der Waals surface area contributed by atoms with Gasteiger partial charge in [0.2, 0.25) is 0 Å². The molecular weight excluding hydrogens is 475 g/mol. The van der Waals surface area contributed by atoms with Crippen molar-refractivity contribution in [2.24, 2.45) is 0 Å². The molecule has 0 saturated heterocycles. The normalized spacial score (nSPS) is 11.0. The highest BCUT2D eigenvalue weighted by atomic mass is 127. The molecule has 1 amide bonds. The number of benzene rings is 3. The van der Waals surface area contributed by atoms with Crippen molar-refractivity contribution in [3.05, 3.63) is 87.5 Å². The van der Waals surface area contributed by atoms with E-state index in [-0.39, 0.29) is 10.8 Å². The van der Waals surface area contributed by atoms with Gasteiger partial charge in [-0.3, -0.25) is 9.52 Å². The highest BCUT2D eigenvalue weighted by molar-refractivity contribution is 14.1. The predicted octanol–water partition coefficient (Wildman–Crippen LogP) is 4.65. The number of halogens is 1. The summed E-state index contributed by atoms with van der Waals surface area (Å²) in [5.74, 6) is -0.255. The highest BCUT2D eigenvalue weighted by Gasteiger charge is 2.15. The lowest BCUT2D eigenvalue weighted by atomic mass is 10.1. The van der Waals surface area contributed by atoms with E-state index in [1.165, 1.54) is 12.1 Å². The Labute approximate surface area is 172 Å². The van der Waals surface area contributed by atoms with E-state index in [4.69, 9.17) is 0 Å². The summed E-state index contributed by atoms with van der Waals surface area (Å²) in [7, 11) is -3.70. The molecule has 0 radical (unpaired) electrons. The zero-order valence-corrected chi connectivity index (χ0v) is 17.4. The van der Waals surface area contributed by atoms with Crippen molar-refractivity contribution >= 4 is 49.9 Å². The zero-order chi connectivity index (χ0) is 19.4. The van der Waals surface area contributed by atoms with Crippen molar-refractivity contribution in [1.29, 1.82) is 0 Å². The summed E-state index contributed by atoms with van der Waals surface area (Å²) < 4.78 is 28.6. The number of amides is 1. The largest absolute Gasteiger partial charge is 0.322 e. The minimum atomic E-state index is -3.70. The van der Waals surface area contributed by atoms with Gasteiger partial charge < -0.3 is 5.32 Å². The van der Waals surface area contributed by atoms with E-state index in [2.05, 4.69) is 32.6 Å². The maximum Gasteiger partial charge on any atom is 0.261 e. The van der Waals surface area contributed by atoms with Crippen molar-refractivity contribution in [1.82, 2.24) is 0 Å². The number of aryl methyl sites for hydroxylation is 1. The summed E-state index contributed by atoms with van der Waals surface area (Å²) in [4.78, 5) is 12.6. The topological polar surface area (TPSA) is 75.3 Å². The van der Waals surface area contributed by atoms with Crippen molar-refractivity contribution in [2.45, 2.75) is 11.8 Å². The molecule has 0 aliphatic carbocycles. The molecule has 0 unspecified atom stereocenters. The van der Waals surface area contributed by atoms with Crippen LogP contribution in [0.4, 0.5) is 11.4 Å². The van der Waals surface area contributed by atoms with Crippen LogP contribution in [-0.4, -0.2) is 14.3 Å². The maximum absolute atomic E-state index is 12.5. The molecule has 5 nitrogen and oxygen atoms in total. The zero-order valence-electron chi connectivity index (χ0n) is 14.4. The van der Waals surface area contributed by atoms with E-state index in [0.717, 1.165) is 9.13 Å². The fourth-order valence-electron chi connectivity index (χ4n) is 2.45. The number of carbonyl (C=O) groups is 1. The molecule has 0 aliphatic heterocycles. The van der Waals surface area contributed by atoms with Gasteiger partial charge in [0, 0.05) is 14.8 Å². The minimum absolute atomic E-state index is 0.178. The van der Waals surface area contributed by atoms with Crippen LogP contribution in [0.1, 0.15) is 15.9 Å². The molecule has 0 aliphatic rings. The first-order valence-electron chi connectivity index (χ1n) is 8.10. The monoisotopic (exact) mass is 492 g/mol. The second-order valence-corrected chi connectivity index (χ2v) is 8.84. The van der Waals surface area contributed by atoms with Crippen LogP contribution < -0.4 is 10.0 Å². The van der Waals surface area contributed by atoms with Crippen LogP contribution in [0.3, 0.4) is 0 Å². The second-order valence-electron chi connectivity index (χ2n) is 5.91. The lowest BCUT2D eigenvalue weighted by molar-refractivity contribution is 0.102. The lowest BCUT2D eigenvalue weighted by Gasteiger charge is -2.13. The number of rotatable bonds is 5. The van der Waals surface area contributed by atoms with Crippen LogP contribution in [0.2, 0.25) is 0 Å². The third-order valence-corrected chi connectivity index (χ3v) is 5.93. The average Bonchev–Trinajstić information content (AvgIpc) is 2.65. The molecule has 0 heterocycles. The lowest BCUT2D eigenvalue weighted by Crippen LogP contribution is -2.15. The van der Waals surface area contributed by atoms with Crippen molar-refractivity contribution in [2.75, 3.05) is 10.0 Å². The van der Waals surface area contributed by atoms with Gasteiger partial charge >= 0.3 is 0 Å². The number of hydrogen-bond acceptors (Lipinski definition) is 3. The molecule has 0 fully saturated rings. The molecule has 3 aromatic rings. The fourth-order valence-corrected chi connectivity index (χ4v) is 4.13. The fraction of sp³-hybridized carbons (Fsp3) is 0.0500. The number of anilines is 2. The predicted molar refractivity (Wildman–Crippen MR) is 116 cm³/mol. The number of nitrogens with one attached hydrogen (secondary N) is 2. The molecule has 138 valence electrons. The van der Waals surface area contributed by atoms with E-state index in [1.807, 2.05) is 12.1 Å². The van der Waals surface area contributed by atoms with Crippen LogP contribution in [-0.2, 0) is 10.0 Å². The smallest absolute Gasteiger partial charge is 0.261 e. The summed E-state index contributed by atoms with van der Waals surface area (Å²) in [6, 6.07) is 20.5. The molecule has 0 aromatic heterocycles. The number of carbonyl (C=O) groups excluding carboxylic acids is 1. The first-order chi connectivity index (χ1) is 12.8. The molecule has 27 heavy (non-hydrogen) atoms. The Morgan fingerprint density at radius 3 is 2.37 bits per heavy atom. The second kappa shape index (κ2) is 8.10. The third kappa shape index (κ3) is 4.86. The summed E-state index contributed by atoms with van der Waals surface area (Å²) >= 11 is 2.14. The molecule has 0 bridgehead atoms. The van der Waals surface area contributed by atoms with Gasteiger partial charge in [-0.2, -0.15) is 0 Å². The Morgan fingerprint density at radius 1 is 0.926 bits per heavy atom. The minimum Gasteiger partial charge on any atom is -0.322 e.